The molecule has 1 atom stereocenters. The van der Waals surface area contributed by atoms with Gasteiger partial charge in [0.1, 0.15) is 23.1 Å². The normalized spacial score (nSPS) is 23.3. The Labute approximate surface area is 231 Å². The number of anilines is 3. The largest absolute Gasteiger partial charge is 0.507 e. The number of aromatic hydroxyl groups is 1. The van der Waals surface area contributed by atoms with E-state index in [1.807, 2.05) is 32.6 Å². The van der Waals surface area contributed by atoms with Crippen molar-refractivity contribution in [2.45, 2.75) is 71.8 Å². The second-order valence-electron chi connectivity index (χ2n) is 11.9. The summed E-state index contributed by atoms with van der Waals surface area (Å²) in [6.45, 7) is 14.6. The molecular weight excluding hydrogens is 494 g/mol. The molecule has 210 valence electrons. The van der Waals surface area contributed by atoms with Crippen LogP contribution in [0.25, 0.3) is 0 Å². The molecule has 3 fully saturated rings. The summed E-state index contributed by atoms with van der Waals surface area (Å²) in [7, 11) is 0. The highest BCUT2D eigenvalue weighted by molar-refractivity contribution is 5.86. The number of phenols is 1. The third kappa shape index (κ3) is 4.63. The number of nitrogens with zero attached hydrogens (tertiary/aromatic N) is 6. The summed E-state index contributed by atoms with van der Waals surface area (Å²) in [6.07, 6.45) is 6.13. The molecular formula is C30H42N6O3. The second kappa shape index (κ2) is 10.1. The molecule has 3 saturated heterocycles. The van der Waals surface area contributed by atoms with E-state index in [4.69, 9.17) is 14.7 Å². The molecule has 9 nitrogen and oxygen atoms in total. The van der Waals surface area contributed by atoms with Gasteiger partial charge in [0.15, 0.2) is 5.60 Å². The maximum absolute atomic E-state index is 13.8. The highest BCUT2D eigenvalue weighted by Gasteiger charge is 2.44. The van der Waals surface area contributed by atoms with Crippen LogP contribution >= 0.6 is 0 Å². The number of benzene rings is 1. The first-order valence-electron chi connectivity index (χ1n) is 14.7. The minimum atomic E-state index is -0.906. The molecule has 6 rings (SSSR count). The van der Waals surface area contributed by atoms with Crippen molar-refractivity contribution in [2.75, 3.05) is 67.1 Å². The molecule has 4 aliphatic heterocycles. The first-order valence-corrected chi connectivity index (χ1v) is 14.7. The molecule has 0 spiro atoms. The molecule has 1 amide bonds. The number of hydrogen-bond donors (Lipinski definition) is 1. The van der Waals surface area contributed by atoms with Gasteiger partial charge in [-0.1, -0.05) is 0 Å². The van der Waals surface area contributed by atoms with E-state index < -0.39 is 5.60 Å². The second-order valence-corrected chi connectivity index (χ2v) is 11.9. The Kier molecular flexibility index (Phi) is 6.71. The van der Waals surface area contributed by atoms with Gasteiger partial charge in [-0.15, -0.1) is 0 Å². The van der Waals surface area contributed by atoms with Crippen molar-refractivity contribution in [1.82, 2.24) is 14.9 Å². The topological polar surface area (TPSA) is 85.3 Å². The molecule has 0 saturated carbocycles. The minimum absolute atomic E-state index is 0.0498. The number of aromatic nitrogens is 2. The maximum Gasteiger partial charge on any atom is 0.266 e. The average molecular weight is 537 g/mol. The SMILES string of the molecule is Cc1c(C)c2c(c(C)c1O)CC[C@](C)([14C](=O)N1CCN(c3cc(N4CCCC4)nc(N4CCCC4)n3)CC1)O2. The lowest BCUT2D eigenvalue weighted by molar-refractivity contribution is -0.148. The first kappa shape index (κ1) is 26.0. The van der Waals surface area contributed by atoms with Crippen molar-refractivity contribution in [3.05, 3.63) is 28.3 Å². The average Bonchev–Trinajstić information content (AvgIpc) is 3.70. The summed E-state index contributed by atoms with van der Waals surface area (Å²) in [4.78, 5) is 32.8. The van der Waals surface area contributed by atoms with E-state index in [1.165, 1.54) is 25.7 Å². The van der Waals surface area contributed by atoms with Crippen molar-refractivity contribution in [2.24, 2.45) is 0 Å². The van der Waals surface area contributed by atoms with Crippen LogP contribution in [0.4, 0.5) is 17.6 Å². The van der Waals surface area contributed by atoms with Crippen LogP contribution in [0.3, 0.4) is 0 Å². The molecule has 1 N–H and O–H groups in total. The summed E-state index contributed by atoms with van der Waals surface area (Å²) in [5.41, 5.74) is 2.72. The van der Waals surface area contributed by atoms with Crippen LogP contribution in [0.15, 0.2) is 6.07 Å². The van der Waals surface area contributed by atoms with Crippen molar-refractivity contribution >= 4 is 23.5 Å². The zero-order valence-electron chi connectivity index (χ0n) is 23.9. The fraction of sp³-hybridized carbons (Fsp3) is 0.633. The number of carbonyl (C=O) groups excluding carboxylic acids is 1. The molecule has 1 aromatic heterocycles. The zero-order chi connectivity index (χ0) is 27.3. The standard InChI is InChI=1S/C30H42N6O3/c1-20-21(2)27-23(22(3)26(20)37)9-10-30(4,39-27)28(38)35-17-15-34(16-18-35)25-19-24(33-11-5-6-12-33)31-29(32-25)36-13-7-8-14-36/h19,37H,5-18H2,1-4H3/t30-/m1/s1/i28+2. The van der Waals surface area contributed by atoms with Crippen LogP contribution in [0.2, 0.25) is 0 Å². The number of carbonyl (C=O) groups is 1. The van der Waals surface area contributed by atoms with E-state index in [1.54, 1.807) is 0 Å². The molecule has 4 aliphatic rings. The molecule has 9 heteroatoms. The van der Waals surface area contributed by atoms with Gasteiger partial charge in [0.25, 0.3) is 5.91 Å². The maximum atomic E-state index is 13.8. The lowest BCUT2D eigenvalue weighted by Gasteiger charge is -2.42. The first-order chi connectivity index (χ1) is 18.7. The summed E-state index contributed by atoms with van der Waals surface area (Å²) in [5, 5.41) is 10.5. The summed E-state index contributed by atoms with van der Waals surface area (Å²) < 4.78 is 6.49. The van der Waals surface area contributed by atoms with Gasteiger partial charge in [0, 0.05) is 70.4 Å². The third-order valence-corrected chi connectivity index (χ3v) is 9.37. The Morgan fingerprint density at radius 1 is 0.821 bits per heavy atom. The minimum Gasteiger partial charge on any atom is -0.507 e. The fourth-order valence-corrected chi connectivity index (χ4v) is 6.61. The molecule has 0 unspecified atom stereocenters. The molecule has 0 aliphatic carbocycles. The van der Waals surface area contributed by atoms with Gasteiger partial charge in [-0.2, -0.15) is 9.97 Å². The van der Waals surface area contributed by atoms with E-state index >= 15 is 0 Å². The Morgan fingerprint density at radius 2 is 1.38 bits per heavy atom. The van der Waals surface area contributed by atoms with Gasteiger partial charge < -0.3 is 29.4 Å². The summed E-state index contributed by atoms with van der Waals surface area (Å²) in [5.74, 6) is 4.01. The van der Waals surface area contributed by atoms with Crippen molar-refractivity contribution in [3.63, 3.8) is 0 Å². The van der Waals surface area contributed by atoms with Crippen LogP contribution in [-0.4, -0.2) is 83.8 Å². The number of phenolic OH excluding ortho intramolecular Hbond substituents is 1. The molecule has 39 heavy (non-hydrogen) atoms. The molecule has 1 aromatic carbocycles. The summed E-state index contributed by atoms with van der Waals surface area (Å²) >= 11 is 0. The Morgan fingerprint density at radius 3 is 2.00 bits per heavy atom. The van der Waals surface area contributed by atoms with Crippen LogP contribution in [-0.2, 0) is 11.2 Å². The van der Waals surface area contributed by atoms with Gasteiger partial charge in [0.05, 0.1) is 0 Å². The fourth-order valence-electron chi connectivity index (χ4n) is 6.61. The Bertz CT molecular complexity index is 1230. The van der Waals surface area contributed by atoms with Crippen molar-refractivity contribution in [3.8, 4) is 11.5 Å². The number of hydrogen-bond acceptors (Lipinski definition) is 8. The monoisotopic (exact) mass is 536 g/mol. The van der Waals surface area contributed by atoms with Crippen molar-refractivity contribution < 1.29 is 14.6 Å². The van der Waals surface area contributed by atoms with Crippen LogP contribution in [0, 0.1) is 20.8 Å². The Balaban J connectivity index is 1.17. The number of piperazine rings is 1. The third-order valence-electron chi connectivity index (χ3n) is 9.37. The predicted octanol–water partition coefficient (Wildman–Crippen LogP) is 3.74. The van der Waals surface area contributed by atoms with E-state index in [0.29, 0.717) is 25.3 Å². The van der Waals surface area contributed by atoms with Gasteiger partial charge in [-0.05, 0) is 76.5 Å². The molecule has 5 heterocycles. The number of fused-ring (bicyclic) bond motifs is 1. The smallest absolute Gasteiger partial charge is 0.266 e. The summed E-state index contributed by atoms with van der Waals surface area (Å²) in [6, 6.07) is 2.15. The zero-order valence-corrected chi connectivity index (χ0v) is 23.9. The molecule has 0 radical (unpaired) electrons. The van der Waals surface area contributed by atoms with Gasteiger partial charge >= 0.3 is 0 Å². The Hall–Kier alpha value is -3.23. The number of amides is 1. The van der Waals surface area contributed by atoms with E-state index in [9.17, 15) is 9.90 Å². The van der Waals surface area contributed by atoms with Crippen LogP contribution in [0.5, 0.6) is 11.5 Å². The van der Waals surface area contributed by atoms with Gasteiger partial charge in [-0.3, -0.25) is 4.79 Å². The van der Waals surface area contributed by atoms with E-state index in [2.05, 4.69) is 20.8 Å². The highest BCUT2D eigenvalue weighted by Crippen LogP contribution is 2.43. The molecule has 2 aromatic rings. The van der Waals surface area contributed by atoms with Gasteiger partial charge in [0.2, 0.25) is 5.95 Å². The van der Waals surface area contributed by atoms with E-state index in [-0.39, 0.29) is 5.91 Å². The molecule has 0 bridgehead atoms. The van der Waals surface area contributed by atoms with Crippen molar-refractivity contribution in [1.29, 1.82) is 0 Å². The van der Waals surface area contributed by atoms with E-state index in [0.717, 1.165) is 91.3 Å². The van der Waals surface area contributed by atoms with Gasteiger partial charge in [-0.25, -0.2) is 0 Å². The van der Waals surface area contributed by atoms with Crippen LogP contribution in [0.1, 0.15) is 61.3 Å². The lowest BCUT2D eigenvalue weighted by Crippen LogP contribution is -2.58. The quantitative estimate of drug-likeness (QED) is 0.633. The number of ether oxygens (including phenoxy) is 1. The predicted molar refractivity (Wildman–Crippen MR) is 153 cm³/mol. The van der Waals surface area contributed by atoms with Crippen LogP contribution < -0.4 is 19.4 Å². The number of rotatable bonds is 4. The highest BCUT2D eigenvalue weighted by atomic mass is 16.6. The lowest BCUT2D eigenvalue weighted by atomic mass is 9.90.